The highest BCUT2D eigenvalue weighted by Gasteiger charge is 2.42. The van der Waals surface area contributed by atoms with Gasteiger partial charge in [-0.2, -0.15) is 0 Å². The Morgan fingerprint density at radius 3 is 2.73 bits per heavy atom. The molecular weight excluding hydrogens is 186 g/mol. The third-order valence-corrected chi connectivity index (χ3v) is 4.26. The van der Waals surface area contributed by atoms with E-state index < -0.39 is 0 Å². The van der Waals surface area contributed by atoms with Gasteiger partial charge in [-0.15, -0.1) is 0 Å². The van der Waals surface area contributed by atoms with Gasteiger partial charge in [0.2, 0.25) is 0 Å². The van der Waals surface area contributed by atoms with E-state index in [1.54, 1.807) is 0 Å². The molecular formula is C13H25NO. The first-order chi connectivity index (χ1) is 7.37. The molecule has 1 aliphatic heterocycles. The van der Waals surface area contributed by atoms with E-state index in [9.17, 15) is 0 Å². The summed E-state index contributed by atoms with van der Waals surface area (Å²) in [6.07, 6.45) is 8.30. The minimum Gasteiger partial charge on any atom is -0.381 e. The number of rotatable bonds is 5. The van der Waals surface area contributed by atoms with Crippen molar-refractivity contribution in [2.75, 3.05) is 26.3 Å². The molecule has 1 N–H and O–H groups in total. The smallest absolute Gasteiger partial charge is 0.0538 e. The van der Waals surface area contributed by atoms with Gasteiger partial charge in [-0.1, -0.05) is 19.8 Å². The first-order valence-electron chi connectivity index (χ1n) is 6.66. The zero-order valence-electron chi connectivity index (χ0n) is 10.1. The summed E-state index contributed by atoms with van der Waals surface area (Å²) in [5.41, 5.74) is 0.492. The van der Waals surface area contributed by atoms with Crippen molar-refractivity contribution < 1.29 is 4.74 Å². The van der Waals surface area contributed by atoms with Crippen LogP contribution in [0.4, 0.5) is 0 Å². The van der Waals surface area contributed by atoms with Gasteiger partial charge in [0.15, 0.2) is 0 Å². The second-order valence-electron chi connectivity index (χ2n) is 5.32. The Bertz CT molecular complexity index is 181. The number of hydrogen-bond acceptors (Lipinski definition) is 2. The second-order valence-corrected chi connectivity index (χ2v) is 5.32. The lowest BCUT2D eigenvalue weighted by Crippen LogP contribution is -2.40. The quantitative estimate of drug-likeness (QED) is 0.706. The molecule has 0 aromatic carbocycles. The van der Waals surface area contributed by atoms with Gasteiger partial charge in [0.25, 0.3) is 0 Å². The lowest BCUT2D eigenvalue weighted by Gasteiger charge is -2.34. The minimum absolute atomic E-state index is 0.492. The fraction of sp³-hybridized carbons (Fsp3) is 1.00. The molecule has 0 aromatic heterocycles. The van der Waals surface area contributed by atoms with E-state index in [4.69, 9.17) is 4.74 Å². The van der Waals surface area contributed by atoms with Crippen molar-refractivity contribution >= 4 is 0 Å². The highest BCUT2D eigenvalue weighted by atomic mass is 16.5. The molecule has 1 aliphatic carbocycles. The average molecular weight is 211 g/mol. The van der Waals surface area contributed by atoms with Crippen molar-refractivity contribution in [2.45, 2.75) is 45.4 Å². The molecule has 1 unspecified atom stereocenters. The van der Waals surface area contributed by atoms with Gasteiger partial charge in [-0.05, 0) is 38.1 Å². The average Bonchev–Trinajstić information content (AvgIpc) is 2.89. The fourth-order valence-electron chi connectivity index (χ4n) is 3.28. The zero-order chi connectivity index (χ0) is 10.6. The number of hydrogen-bond donors (Lipinski definition) is 1. The van der Waals surface area contributed by atoms with Crippen LogP contribution in [0.5, 0.6) is 0 Å². The second kappa shape index (κ2) is 5.31. The molecule has 2 fully saturated rings. The SMILES string of the molecule is CCCNCC1(C2CCCC2)CCOC1. The zero-order valence-corrected chi connectivity index (χ0v) is 10.1. The summed E-state index contributed by atoms with van der Waals surface area (Å²) in [4.78, 5) is 0. The van der Waals surface area contributed by atoms with E-state index in [2.05, 4.69) is 12.2 Å². The van der Waals surface area contributed by atoms with E-state index in [1.807, 2.05) is 0 Å². The van der Waals surface area contributed by atoms with E-state index in [0.717, 1.165) is 25.7 Å². The molecule has 2 nitrogen and oxygen atoms in total. The van der Waals surface area contributed by atoms with Crippen LogP contribution in [0.2, 0.25) is 0 Å². The molecule has 1 heterocycles. The molecule has 1 saturated heterocycles. The molecule has 0 spiro atoms. The summed E-state index contributed by atoms with van der Waals surface area (Å²) in [6.45, 7) is 6.58. The predicted molar refractivity (Wildman–Crippen MR) is 63.0 cm³/mol. The van der Waals surface area contributed by atoms with Crippen LogP contribution in [0.3, 0.4) is 0 Å². The summed E-state index contributed by atoms with van der Waals surface area (Å²) < 4.78 is 5.66. The summed E-state index contributed by atoms with van der Waals surface area (Å²) in [5.74, 6) is 0.935. The molecule has 0 aromatic rings. The molecule has 15 heavy (non-hydrogen) atoms. The highest BCUT2D eigenvalue weighted by Crippen LogP contribution is 2.44. The topological polar surface area (TPSA) is 21.3 Å². The Morgan fingerprint density at radius 1 is 1.33 bits per heavy atom. The van der Waals surface area contributed by atoms with Gasteiger partial charge in [0.1, 0.15) is 0 Å². The number of ether oxygens (including phenoxy) is 1. The van der Waals surface area contributed by atoms with Crippen molar-refractivity contribution in [3.63, 3.8) is 0 Å². The van der Waals surface area contributed by atoms with E-state index in [1.165, 1.54) is 45.1 Å². The standard InChI is InChI=1S/C13H25NO/c1-2-8-14-10-13(7-9-15-11-13)12-5-3-4-6-12/h12,14H,2-11H2,1H3. The normalized spacial score (nSPS) is 32.6. The maximum absolute atomic E-state index is 5.66. The van der Waals surface area contributed by atoms with Crippen molar-refractivity contribution in [3.05, 3.63) is 0 Å². The molecule has 2 heteroatoms. The highest BCUT2D eigenvalue weighted by molar-refractivity contribution is 4.93. The third kappa shape index (κ3) is 2.54. The van der Waals surface area contributed by atoms with Gasteiger partial charge < -0.3 is 10.1 Å². The summed E-state index contributed by atoms with van der Waals surface area (Å²) in [5, 5.41) is 3.61. The Labute approximate surface area is 93.8 Å². The van der Waals surface area contributed by atoms with Crippen molar-refractivity contribution in [2.24, 2.45) is 11.3 Å². The Balaban J connectivity index is 1.90. The summed E-state index contributed by atoms with van der Waals surface area (Å²) in [6, 6.07) is 0. The molecule has 1 saturated carbocycles. The van der Waals surface area contributed by atoms with Crippen molar-refractivity contribution in [1.29, 1.82) is 0 Å². The molecule has 0 radical (unpaired) electrons. The van der Waals surface area contributed by atoms with Crippen LogP contribution in [0, 0.1) is 11.3 Å². The maximum atomic E-state index is 5.66. The third-order valence-electron chi connectivity index (χ3n) is 4.26. The van der Waals surface area contributed by atoms with Gasteiger partial charge >= 0.3 is 0 Å². The Hall–Kier alpha value is -0.0800. The van der Waals surface area contributed by atoms with Gasteiger partial charge in [-0.25, -0.2) is 0 Å². The van der Waals surface area contributed by atoms with Gasteiger partial charge in [-0.3, -0.25) is 0 Å². The Kier molecular flexibility index (Phi) is 4.04. The van der Waals surface area contributed by atoms with Crippen molar-refractivity contribution in [3.8, 4) is 0 Å². The van der Waals surface area contributed by atoms with Crippen LogP contribution in [0.25, 0.3) is 0 Å². The van der Waals surface area contributed by atoms with Gasteiger partial charge in [0.05, 0.1) is 6.61 Å². The lowest BCUT2D eigenvalue weighted by molar-refractivity contribution is 0.106. The fourth-order valence-corrected chi connectivity index (χ4v) is 3.28. The summed E-state index contributed by atoms with van der Waals surface area (Å²) in [7, 11) is 0. The summed E-state index contributed by atoms with van der Waals surface area (Å²) >= 11 is 0. The molecule has 1 atom stereocenters. The number of nitrogens with one attached hydrogen (secondary N) is 1. The maximum Gasteiger partial charge on any atom is 0.0538 e. The Morgan fingerprint density at radius 2 is 2.13 bits per heavy atom. The molecule has 2 rings (SSSR count). The first kappa shape index (κ1) is 11.4. The van der Waals surface area contributed by atoms with Crippen LogP contribution in [0.15, 0.2) is 0 Å². The first-order valence-corrected chi connectivity index (χ1v) is 6.66. The van der Waals surface area contributed by atoms with Crippen LogP contribution in [-0.2, 0) is 4.74 Å². The van der Waals surface area contributed by atoms with Crippen molar-refractivity contribution in [1.82, 2.24) is 5.32 Å². The lowest BCUT2D eigenvalue weighted by atomic mass is 9.73. The van der Waals surface area contributed by atoms with Crippen LogP contribution in [-0.4, -0.2) is 26.3 Å². The van der Waals surface area contributed by atoms with E-state index in [-0.39, 0.29) is 0 Å². The largest absolute Gasteiger partial charge is 0.381 e. The van der Waals surface area contributed by atoms with Crippen LogP contribution < -0.4 is 5.32 Å². The molecule has 0 amide bonds. The monoisotopic (exact) mass is 211 g/mol. The van der Waals surface area contributed by atoms with E-state index >= 15 is 0 Å². The van der Waals surface area contributed by atoms with Crippen LogP contribution in [0.1, 0.15) is 45.4 Å². The van der Waals surface area contributed by atoms with Gasteiger partial charge in [0, 0.05) is 18.6 Å². The minimum atomic E-state index is 0.492. The molecule has 88 valence electrons. The molecule has 0 bridgehead atoms. The molecule has 2 aliphatic rings. The van der Waals surface area contributed by atoms with Crippen LogP contribution >= 0.6 is 0 Å². The predicted octanol–water partition coefficient (Wildman–Crippen LogP) is 2.58. The van der Waals surface area contributed by atoms with E-state index in [0.29, 0.717) is 5.41 Å².